The molecule has 0 amide bonds. The third kappa shape index (κ3) is 1.81. The number of benzene rings is 1. The minimum Gasteiger partial charge on any atom is -0.289 e. The molecule has 84 valence electrons. The first-order valence-electron chi connectivity index (χ1n) is 5.32. The Labute approximate surface area is 107 Å². The van der Waals surface area contributed by atoms with Crippen LogP contribution in [0, 0.1) is 6.92 Å². The van der Waals surface area contributed by atoms with Gasteiger partial charge in [-0.25, -0.2) is 0 Å². The Bertz CT molecular complexity index is 691. The summed E-state index contributed by atoms with van der Waals surface area (Å²) in [5.41, 5.74) is 1.62. The fourth-order valence-electron chi connectivity index (χ4n) is 1.87. The van der Waals surface area contributed by atoms with E-state index >= 15 is 0 Å². The van der Waals surface area contributed by atoms with Gasteiger partial charge in [-0.2, -0.15) is 0 Å². The molecule has 0 radical (unpaired) electrons. The normalized spacial score (nSPS) is 10.9. The van der Waals surface area contributed by atoms with E-state index in [1.165, 1.54) is 9.58 Å². The molecule has 0 atom stereocenters. The molecule has 0 saturated heterocycles. The number of thiophene rings is 2. The monoisotopic (exact) mass is 258 g/mol. The van der Waals surface area contributed by atoms with Crippen LogP contribution in [0.15, 0.2) is 41.1 Å². The van der Waals surface area contributed by atoms with Crippen molar-refractivity contribution in [2.45, 2.75) is 6.92 Å². The lowest BCUT2D eigenvalue weighted by molar-refractivity contribution is 0.104. The Kier molecular flexibility index (Phi) is 2.57. The zero-order valence-corrected chi connectivity index (χ0v) is 10.9. The minimum atomic E-state index is 0.131. The number of rotatable bonds is 2. The second-order valence-electron chi connectivity index (χ2n) is 3.92. The van der Waals surface area contributed by atoms with E-state index in [-0.39, 0.29) is 5.78 Å². The number of hydrogen-bond acceptors (Lipinski definition) is 3. The van der Waals surface area contributed by atoms with Gasteiger partial charge in [0.2, 0.25) is 0 Å². The van der Waals surface area contributed by atoms with Crippen molar-refractivity contribution in [1.29, 1.82) is 0 Å². The zero-order valence-electron chi connectivity index (χ0n) is 9.27. The highest BCUT2D eigenvalue weighted by atomic mass is 32.1. The molecule has 0 spiro atoms. The Morgan fingerprint density at radius 2 is 1.94 bits per heavy atom. The molecular weight excluding hydrogens is 248 g/mol. The first-order valence-corrected chi connectivity index (χ1v) is 7.08. The van der Waals surface area contributed by atoms with E-state index < -0.39 is 0 Å². The molecule has 17 heavy (non-hydrogen) atoms. The summed E-state index contributed by atoms with van der Waals surface area (Å²) in [5, 5.41) is 4.95. The minimum absolute atomic E-state index is 0.131. The van der Waals surface area contributed by atoms with Gasteiger partial charge in [0, 0.05) is 36.9 Å². The van der Waals surface area contributed by atoms with E-state index in [4.69, 9.17) is 0 Å². The van der Waals surface area contributed by atoms with Crippen LogP contribution in [0.5, 0.6) is 0 Å². The summed E-state index contributed by atoms with van der Waals surface area (Å²) in [6.45, 7) is 2.02. The molecule has 0 aliphatic rings. The van der Waals surface area contributed by atoms with Crippen molar-refractivity contribution in [2.24, 2.45) is 0 Å². The smallest absolute Gasteiger partial charge is 0.195 e. The average molecular weight is 258 g/mol. The van der Waals surface area contributed by atoms with E-state index in [1.807, 2.05) is 41.9 Å². The topological polar surface area (TPSA) is 17.1 Å². The van der Waals surface area contributed by atoms with Crippen molar-refractivity contribution in [2.75, 3.05) is 0 Å². The number of fused-ring (bicyclic) bond motifs is 1. The second-order valence-corrected chi connectivity index (χ2v) is 5.95. The van der Waals surface area contributed by atoms with Gasteiger partial charge in [0.15, 0.2) is 5.78 Å². The third-order valence-electron chi connectivity index (χ3n) is 2.72. The summed E-state index contributed by atoms with van der Waals surface area (Å²) < 4.78 is 1.17. The van der Waals surface area contributed by atoms with Crippen molar-refractivity contribution >= 4 is 38.5 Å². The summed E-state index contributed by atoms with van der Waals surface area (Å²) >= 11 is 3.24. The maximum absolute atomic E-state index is 12.3. The summed E-state index contributed by atoms with van der Waals surface area (Å²) in [6, 6.07) is 10.00. The van der Waals surface area contributed by atoms with Crippen LogP contribution in [-0.2, 0) is 0 Å². The van der Waals surface area contributed by atoms with Gasteiger partial charge < -0.3 is 0 Å². The molecule has 1 aromatic carbocycles. The van der Waals surface area contributed by atoms with E-state index in [0.717, 1.165) is 16.5 Å². The fourth-order valence-corrected chi connectivity index (χ4v) is 3.50. The van der Waals surface area contributed by atoms with Crippen LogP contribution >= 0.6 is 22.7 Å². The lowest BCUT2D eigenvalue weighted by Gasteiger charge is -1.96. The molecule has 3 heteroatoms. The molecular formula is C14H10OS2. The predicted molar refractivity (Wildman–Crippen MR) is 74.3 cm³/mol. The predicted octanol–water partition coefficient (Wildman–Crippen LogP) is 4.50. The van der Waals surface area contributed by atoms with Gasteiger partial charge in [0.1, 0.15) is 0 Å². The molecule has 1 nitrogen and oxygen atoms in total. The van der Waals surface area contributed by atoms with E-state index in [2.05, 4.69) is 6.07 Å². The zero-order chi connectivity index (χ0) is 11.8. The van der Waals surface area contributed by atoms with Gasteiger partial charge >= 0.3 is 0 Å². The van der Waals surface area contributed by atoms with Gasteiger partial charge in [0.05, 0.1) is 0 Å². The summed E-state index contributed by atoms with van der Waals surface area (Å²) in [6.07, 6.45) is 0. The van der Waals surface area contributed by atoms with Gasteiger partial charge in [-0.3, -0.25) is 4.79 Å². The Hall–Kier alpha value is -1.45. The molecule has 0 aliphatic carbocycles. The van der Waals surface area contributed by atoms with Crippen molar-refractivity contribution in [3.8, 4) is 0 Å². The quantitative estimate of drug-likeness (QED) is 0.618. The highest BCUT2D eigenvalue weighted by Crippen LogP contribution is 2.28. The molecule has 2 aromatic heterocycles. The lowest BCUT2D eigenvalue weighted by atomic mass is 10.1. The SMILES string of the molecule is Cc1cc(C(=O)c2csc3ccccc23)cs1. The van der Waals surface area contributed by atoms with Crippen LogP contribution in [0.4, 0.5) is 0 Å². The van der Waals surface area contributed by atoms with Crippen LogP contribution in [-0.4, -0.2) is 5.78 Å². The van der Waals surface area contributed by atoms with Gasteiger partial charge in [0.25, 0.3) is 0 Å². The molecule has 3 rings (SSSR count). The summed E-state index contributed by atoms with van der Waals surface area (Å²) in [5.74, 6) is 0.131. The molecule has 0 fully saturated rings. The van der Waals surface area contributed by atoms with Crippen LogP contribution in [0.25, 0.3) is 10.1 Å². The molecule has 0 N–H and O–H groups in total. The number of aryl methyl sites for hydroxylation is 1. The van der Waals surface area contributed by atoms with Gasteiger partial charge in [-0.15, -0.1) is 22.7 Å². The van der Waals surface area contributed by atoms with Crippen LogP contribution in [0.3, 0.4) is 0 Å². The molecule has 2 heterocycles. The first-order chi connectivity index (χ1) is 8.25. The van der Waals surface area contributed by atoms with Crippen molar-refractivity contribution < 1.29 is 4.79 Å². The Morgan fingerprint density at radius 1 is 1.12 bits per heavy atom. The van der Waals surface area contributed by atoms with Gasteiger partial charge in [-0.1, -0.05) is 18.2 Å². The van der Waals surface area contributed by atoms with Crippen LogP contribution < -0.4 is 0 Å². The Morgan fingerprint density at radius 3 is 2.71 bits per heavy atom. The third-order valence-corrected chi connectivity index (χ3v) is 4.54. The fraction of sp³-hybridized carbons (Fsp3) is 0.0714. The highest BCUT2D eigenvalue weighted by Gasteiger charge is 2.14. The average Bonchev–Trinajstić information content (AvgIpc) is 2.94. The maximum atomic E-state index is 12.3. The van der Waals surface area contributed by atoms with Crippen molar-refractivity contribution in [3.05, 3.63) is 57.1 Å². The molecule has 0 aliphatic heterocycles. The van der Waals surface area contributed by atoms with E-state index in [1.54, 1.807) is 22.7 Å². The number of hydrogen-bond donors (Lipinski definition) is 0. The van der Waals surface area contributed by atoms with Crippen LogP contribution in [0.2, 0.25) is 0 Å². The highest BCUT2D eigenvalue weighted by molar-refractivity contribution is 7.17. The second kappa shape index (κ2) is 4.09. The lowest BCUT2D eigenvalue weighted by Crippen LogP contribution is -1.97. The van der Waals surface area contributed by atoms with Crippen LogP contribution in [0.1, 0.15) is 20.8 Å². The maximum Gasteiger partial charge on any atom is 0.195 e. The standard InChI is InChI=1S/C14H10OS2/c1-9-6-10(7-16-9)14(15)12-8-17-13-5-3-2-4-11(12)13/h2-8H,1H3. The van der Waals surface area contributed by atoms with Crippen molar-refractivity contribution in [3.63, 3.8) is 0 Å². The molecule has 0 bridgehead atoms. The van der Waals surface area contributed by atoms with Crippen molar-refractivity contribution in [1.82, 2.24) is 0 Å². The molecule has 0 saturated carbocycles. The molecule has 0 unspecified atom stereocenters. The summed E-state index contributed by atoms with van der Waals surface area (Å²) in [7, 11) is 0. The number of ketones is 1. The number of carbonyl (C=O) groups excluding carboxylic acids is 1. The van der Waals surface area contributed by atoms with E-state index in [9.17, 15) is 4.79 Å². The van der Waals surface area contributed by atoms with E-state index in [0.29, 0.717) is 0 Å². The summed E-state index contributed by atoms with van der Waals surface area (Å²) in [4.78, 5) is 13.5. The molecule has 3 aromatic rings. The number of carbonyl (C=O) groups is 1. The van der Waals surface area contributed by atoms with Gasteiger partial charge in [-0.05, 0) is 19.1 Å². The largest absolute Gasteiger partial charge is 0.289 e. The first kappa shape index (κ1) is 10.7. The Balaban J connectivity index is 2.13.